The number of nitrogens with zero attached hydrogens (tertiary/aromatic N) is 2. The van der Waals surface area contributed by atoms with Gasteiger partial charge >= 0.3 is 0 Å². The lowest BCUT2D eigenvalue weighted by Crippen LogP contribution is -2.31. The minimum absolute atomic E-state index is 0.0881. The van der Waals surface area contributed by atoms with E-state index in [9.17, 15) is 13.6 Å². The number of benzene rings is 1. The zero-order chi connectivity index (χ0) is 14.0. The molecule has 0 aliphatic carbocycles. The first kappa shape index (κ1) is 13.2. The topological polar surface area (TPSA) is 37.9 Å². The zero-order valence-corrected chi connectivity index (χ0v) is 10.7. The van der Waals surface area contributed by atoms with Crippen LogP contribution in [0.3, 0.4) is 0 Å². The predicted molar refractivity (Wildman–Crippen MR) is 65.3 cm³/mol. The second-order valence-electron chi connectivity index (χ2n) is 4.29. The number of nitrogens with one attached hydrogen (secondary N) is 1. The van der Waals surface area contributed by atoms with Gasteiger partial charge in [-0.15, -0.1) is 0 Å². The number of hydrogen-bond donors (Lipinski definition) is 1. The molecule has 1 aromatic heterocycles. The summed E-state index contributed by atoms with van der Waals surface area (Å²) in [5, 5.41) is 2.46. The van der Waals surface area contributed by atoms with Gasteiger partial charge in [0.05, 0.1) is 7.05 Å². The summed E-state index contributed by atoms with van der Waals surface area (Å²) in [6, 6.07) is 2.90. The Hall–Kier alpha value is -2.24. The van der Waals surface area contributed by atoms with E-state index in [-0.39, 0.29) is 18.1 Å². The molecule has 0 spiro atoms. The highest BCUT2D eigenvalue weighted by Gasteiger charge is 2.13. The maximum atomic E-state index is 13.0. The van der Waals surface area contributed by atoms with E-state index in [1.54, 1.807) is 10.8 Å². The van der Waals surface area contributed by atoms with Gasteiger partial charge in [0.2, 0.25) is 0 Å². The van der Waals surface area contributed by atoms with Crippen LogP contribution in [0.15, 0.2) is 30.6 Å². The average Bonchev–Trinajstić information content (AvgIpc) is 2.59. The molecule has 1 N–H and O–H groups in total. The lowest BCUT2D eigenvalue weighted by molar-refractivity contribution is -0.677. The van der Waals surface area contributed by atoms with Crippen LogP contribution in [0.5, 0.6) is 0 Å². The number of hydrogen-bond acceptors (Lipinski definition) is 1. The molecule has 0 aliphatic heterocycles. The minimum atomic E-state index is -0.723. The van der Waals surface area contributed by atoms with Gasteiger partial charge in [-0.25, -0.2) is 17.9 Å². The summed E-state index contributed by atoms with van der Waals surface area (Å²) in [5.74, 6) is -0.887. The van der Waals surface area contributed by atoms with Crippen molar-refractivity contribution in [1.29, 1.82) is 0 Å². The average molecular weight is 266 g/mol. The Bertz CT molecular complexity index is 602. The Kier molecular flexibility index (Phi) is 3.59. The van der Waals surface area contributed by atoms with Gasteiger partial charge in [0.25, 0.3) is 11.7 Å². The van der Waals surface area contributed by atoms with Crippen molar-refractivity contribution in [3.05, 3.63) is 48.1 Å². The first-order valence-corrected chi connectivity index (χ1v) is 5.73. The first-order chi connectivity index (χ1) is 8.95. The number of aromatic nitrogens is 2. The van der Waals surface area contributed by atoms with Crippen molar-refractivity contribution in [2.24, 2.45) is 7.05 Å². The van der Waals surface area contributed by atoms with E-state index in [1.807, 2.05) is 24.7 Å². The highest BCUT2D eigenvalue weighted by molar-refractivity contribution is 5.90. The van der Waals surface area contributed by atoms with Crippen LogP contribution in [0.2, 0.25) is 0 Å². The second kappa shape index (κ2) is 5.17. The van der Waals surface area contributed by atoms with Gasteiger partial charge in [0.1, 0.15) is 24.0 Å². The van der Waals surface area contributed by atoms with E-state index < -0.39 is 11.6 Å². The van der Waals surface area contributed by atoms with Crippen molar-refractivity contribution in [2.45, 2.75) is 13.5 Å². The summed E-state index contributed by atoms with van der Waals surface area (Å²) >= 11 is 0. The molecular weight excluding hydrogens is 252 g/mol. The van der Waals surface area contributed by atoms with Crippen LogP contribution in [0, 0.1) is 18.6 Å². The normalized spacial score (nSPS) is 10.5. The lowest BCUT2D eigenvalue weighted by atomic mass is 10.3. The van der Waals surface area contributed by atoms with Gasteiger partial charge in [0, 0.05) is 18.7 Å². The molecule has 0 unspecified atom stereocenters. The third-order valence-corrected chi connectivity index (χ3v) is 2.86. The smallest absolute Gasteiger partial charge is 0.266 e. The Morgan fingerprint density at radius 2 is 1.95 bits per heavy atom. The van der Waals surface area contributed by atoms with Gasteiger partial charge in [-0.1, -0.05) is 0 Å². The molecule has 1 aromatic carbocycles. The van der Waals surface area contributed by atoms with Gasteiger partial charge in [-0.3, -0.25) is 4.79 Å². The first-order valence-electron chi connectivity index (χ1n) is 5.73. The maximum absolute atomic E-state index is 13.0. The number of carbonyl (C=O) groups excluding carboxylic acids is 1. The Balaban J connectivity index is 2.07. The molecule has 1 amide bonds. The number of aryl methyl sites for hydroxylation is 1. The highest BCUT2D eigenvalue weighted by atomic mass is 19.1. The van der Waals surface area contributed by atoms with Crippen molar-refractivity contribution in [2.75, 3.05) is 5.32 Å². The molecule has 0 saturated heterocycles. The van der Waals surface area contributed by atoms with E-state index in [0.717, 1.165) is 24.0 Å². The van der Waals surface area contributed by atoms with E-state index in [0.29, 0.717) is 0 Å². The SMILES string of the molecule is Cc1n(CC(=O)Nc2cc(F)cc(F)c2)cc[n+]1C. The third-order valence-electron chi connectivity index (χ3n) is 2.86. The van der Waals surface area contributed by atoms with Crippen LogP contribution in [0.25, 0.3) is 0 Å². The second-order valence-corrected chi connectivity index (χ2v) is 4.29. The number of amides is 1. The van der Waals surface area contributed by atoms with Crippen molar-refractivity contribution >= 4 is 11.6 Å². The highest BCUT2D eigenvalue weighted by Crippen LogP contribution is 2.12. The molecule has 0 bridgehead atoms. The molecule has 6 heteroatoms. The number of imidazole rings is 1. The fraction of sp³-hybridized carbons (Fsp3) is 0.231. The van der Waals surface area contributed by atoms with E-state index in [4.69, 9.17) is 0 Å². The van der Waals surface area contributed by atoms with Crippen LogP contribution >= 0.6 is 0 Å². The summed E-state index contributed by atoms with van der Waals surface area (Å²) in [7, 11) is 1.87. The number of anilines is 1. The summed E-state index contributed by atoms with van der Waals surface area (Å²) in [6.45, 7) is 1.96. The summed E-state index contributed by atoms with van der Waals surface area (Å²) in [4.78, 5) is 11.8. The molecule has 0 saturated carbocycles. The van der Waals surface area contributed by atoms with Gasteiger partial charge in [0.15, 0.2) is 6.54 Å². The molecule has 0 fully saturated rings. The Morgan fingerprint density at radius 1 is 1.32 bits per heavy atom. The molecule has 2 aromatic rings. The van der Waals surface area contributed by atoms with Crippen molar-refractivity contribution in [3.8, 4) is 0 Å². The minimum Gasteiger partial charge on any atom is -0.322 e. The fourth-order valence-electron chi connectivity index (χ4n) is 1.75. The van der Waals surface area contributed by atoms with Gasteiger partial charge in [-0.2, -0.15) is 0 Å². The van der Waals surface area contributed by atoms with Gasteiger partial charge < -0.3 is 5.32 Å². The zero-order valence-electron chi connectivity index (χ0n) is 10.7. The molecule has 2 rings (SSSR count). The molecule has 0 radical (unpaired) electrons. The number of rotatable bonds is 3. The van der Waals surface area contributed by atoms with Crippen molar-refractivity contribution in [3.63, 3.8) is 0 Å². The van der Waals surface area contributed by atoms with Crippen LogP contribution < -0.4 is 9.88 Å². The molecule has 100 valence electrons. The Labute approximate surface area is 109 Å². The van der Waals surface area contributed by atoms with Crippen molar-refractivity contribution in [1.82, 2.24) is 4.57 Å². The molecule has 4 nitrogen and oxygen atoms in total. The van der Waals surface area contributed by atoms with Crippen LogP contribution in [0.1, 0.15) is 5.82 Å². The molecule has 19 heavy (non-hydrogen) atoms. The standard InChI is InChI=1S/C13H13F2N3O/c1-9-17(2)3-4-18(9)8-13(19)16-12-6-10(14)5-11(15)7-12/h3-7H,8H2,1-2H3/p+1. The summed E-state index contributed by atoms with van der Waals surface area (Å²) in [6.07, 6.45) is 3.59. The number of carbonyl (C=O) groups is 1. The molecule has 0 atom stereocenters. The monoisotopic (exact) mass is 266 g/mol. The lowest BCUT2D eigenvalue weighted by Gasteiger charge is -2.04. The van der Waals surface area contributed by atoms with Crippen LogP contribution in [0.4, 0.5) is 14.5 Å². The molecule has 0 aliphatic rings. The molecular formula is C13H14F2N3O+. The predicted octanol–water partition coefficient (Wildman–Crippen LogP) is 1.54. The van der Waals surface area contributed by atoms with E-state index in [1.165, 1.54) is 0 Å². The van der Waals surface area contributed by atoms with E-state index in [2.05, 4.69) is 5.32 Å². The fourth-order valence-corrected chi connectivity index (χ4v) is 1.75. The maximum Gasteiger partial charge on any atom is 0.266 e. The third kappa shape index (κ3) is 3.15. The quantitative estimate of drug-likeness (QED) is 0.841. The number of halogens is 2. The Morgan fingerprint density at radius 3 is 2.47 bits per heavy atom. The van der Waals surface area contributed by atoms with Crippen LogP contribution in [-0.4, -0.2) is 10.5 Å². The van der Waals surface area contributed by atoms with E-state index >= 15 is 0 Å². The summed E-state index contributed by atoms with van der Waals surface area (Å²) < 4.78 is 29.6. The van der Waals surface area contributed by atoms with Crippen molar-refractivity contribution < 1.29 is 18.1 Å². The largest absolute Gasteiger partial charge is 0.322 e. The molecule has 1 heterocycles. The van der Waals surface area contributed by atoms with Crippen LogP contribution in [-0.2, 0) is 18.4 Å². The van der Waals surface area contributed by atoms with Gasteiger partial charge in [-0.05, 0) is 12.1 Å². The summed E-state index contributed by atoms with van der Waals surface area (Å²) in [5.41, 5.74) is 0.108.